The van der Waals surface area contributed by atoms with Crippen molar-refractivity contribution in [1.29, 1.82) is 0 Å². The van der Waals surface area contributed by atoms with E-state index in [-0.39, 0.29) is 65.9 Å². The third kappa shape index (κ3) is 19.7. The molecule has 0 bridgehead atoms. The van der Waals surface area contributed by atoms with Crippen molar-refractivity contribution in [2.75, 3.05) is 39.5 Å². The Morgan fingerprint density at radius 1 is 0.591 bits per heavy atom. The van der Waals surface area contributed by atoms with Gasteiger partial charge in [-0.25, -0.2) is 0 Å². The fourth-order valence-corrected chi connectivity index (χ4v) is 4.09. The molecule has 10 heteroatoms. The first-order valence-electron chi connectivity index (χ1n) is 16.1. The highest BCUT2D eigenvalue weighted by molar-refractivity contribution is 6.00. The molecule has 0 spiro atoms. The summed E-state index contributed by atoms with van der Waals surface area (Å²) in [5.74, 6) is -0.456. The Kier molecular flexibility index (Phi) is 19.4. The number of hydrogen-bond donors (Lipinski definition) is 2. The van der Waals surface area contributed by atoms with Crippen LogP contribution >= 0.6 is 0 Å². The topological polar surface area (TPSA) is 145 Å². The molecule has 44 heavy (non-hydrogen) atoms. The number of carbonyl (C=O) groups is 6. The van der Waals surface area contributed by atoms with Crippen LogP contribution < -0.4 is 10.6 Å². The van der Waals surface area contributed by atoms with Gasteiger partial charge in [-0.2, -0.15) is 0 Å². The lowest BCUT2D eigenvalue weighted by molar-refractivity contribution is -0.134. The van der Waals surface area contributed by atoms with Crippen LogP contribution in [0.15, 0.2) is 0 Å². The van der Waals surface area contributed by atoms with E-state index in [4.69, 9.17) is 9.47 Å². The lowest BCUT2D eigenvalue weighted by Gasteiger charge is -2.24. The van der Waals surface area contributed by atoms with E-state index < -0.39 is 10.8 Å². The Hall–Kier alpha value is -2.46. The summed E-state index contributed by atoms with van der Waals surface area (Å²) in [7, 11) is 0. The molecule has 0 aliphatic rings. The highest BCUT2D eigenvalue weighted by atomic mass is 16.5. The van der Waals surface area contributed by atoms with E-state index in [0.717, 1.165) is 0 Å². The van der Waals surface area contributed by atoms with Gasteiger partial charge in [-0.3, -0.25) is 28.8 Å². The standard InChI is InChI=1S/C34H60N2O8/c1-25(26(37)12-10-13-27(38)32(2,3)4)16-17-34(8,9)29(40)24-31(42)36-19-21-44-23-22-43-20-18-35-30(41)15-11-14-28(39)33(5,6)7/h25H,10-24H2,1-9H3,(H,35,41)(H,36,42). The zero-order chi connectivity index (χ0) is 34.0. The van der Waals surface area contributed by atoms with Crippen molar-refractivity contribution in [3.8, 4) is 0 Å². The first-order valence-corrected chi connectivity index (χ1v) is 16.1. The fourth-order valence-electron chi connectivity index (χ4n) is 4.09. The molecule has 0 saturated heterocycles. The minimum absolute atomic E-state index is 0.0991. The van der Waals surface area contributed by atoms with E-state index in [1.165, 1.54) is 0 Å². The van der Waals surface area contributed by atoms with Crippen LogP contribution in [0.25, 0.3) is 0 Å². The lowest BCUT2D eigenvalue weighted by Crippen LogP contribution is -2.34. The van der Waals surface area contributed by atoms with E-state index in [1.807, 2.05) is 48.5 Å². The van der Waals surface area contributed by atoms with Gasteiger partial charge >= 0.3 is 0 Å². The Labute approximate surface area is 265 Å². The van der Waals surface area contributed by atoms with Crippen LogP contribution in [0.2, 0.25) is 0 Å². The average Bonchev–Trinajstić information content (AvgIpc) is 2.91. The molecule has 1 atom stereocenters. The summed E-state index contributed by atoms with van der Waals surface area (Å²) in [5.41, 5.74) is -1.50. The first kappa shape index (κ1) is 41.5. The van der Waals surface area contributed by atoms with E-state index in [1.54, 1.807) is 13.8 Å². The van der Waals surface area contributed by atoms with Gasteiger partial charge in [0.05, 0.1) is 32.8 Å². The summed E-state index contributed by atoms with van der Waals surface area (Å²) in [5, 5.41) is 5.45. The highest BCUT2D eigenvalue weighted by Gasteiger charge is 2.30. The molecule has 0 aromatic carbocycles. The molecular weight excluding hydrogens is 564 g/mol. The van der Waals surface area contributed by atoms with Crippen LogP contribution in [0.3, 0.4) is 0 Å². The zero-order valence-corrected chi connectivity index (χ0v) is 28.9. The number of nitrogens with one attached hydrogen (secondary N) is 2. The monoisotopic (exact) mass is 624 g/mol. The lowest BCUT2D eigenvalue weighted by atomic mass is 9.79. The quantitative estimate of drug-likeness (QED) is 0.115. The van der Waals surface area contributed by atoms with Gasteiger partial charge in [0, 0.05) is 60.9 Å². The van der Waals surface area contributed by atoms with Crippen LogP contribution in [0, 0.1) is 22.2 Å². The number of Topliss-reactive ketones (excluding diaryl/α,β-unsaturated/α-hetero) is 4. The maximum Gasteiger partial charge on any atom is 0.227 e. The van der Waals surface area contributed by atoms with E-state index in [9.17, 15) is 28.8 Å². The number of rotatable bonds is 24. The van der Waals surface area contributed by atoms with Crippen molar-refractivity contribution in [2.45, 2.75) is 120 Å². The molecule has 0 rings (SSSR count). The average molecular weight is 625 g/mol. The summed E-state index contributed by atoms with van der Waals surface area (Å²) in [6.45, 7) is 18.6. The zero-order valence-electron chi connectivity index (χ0n) is 28.9. The molecule has 2 N–H and O–H groups in total. The van der Waals surface area contributed by atoms with Gasteiger partial charge in [0.2, 0.25) is 11.8 Å². The number of ether oxygens (including phenoxy) is 2. The molecule has 0 aliphatic carbocycles. The second-order valence-electron chi connectivity index (χ2n) is 14.4. The molecule has 0 aromatic rings. The smallest absolute Gasteiger partial charge is 0.227 e. The molecule has 1 unspecified atom stereocenters. The van der Waals surface area contributed by atoms with Gasteiger partial charge in [-0.15, -0.1) is 0 Å². The summed E-state index contributed by atoms with van der Waals surface area (Å²) >= 11 is 0. The minimum Gasteiger partial charge on any atom is -0.377 e. The molecular formula is C34H60N2O8. The summed E-state index contributed by atoms with van der Waals surface area (Å²) in [4.78, 5) is 73.3. The second kappa shape index (κ2) is 20.5. The minimum atomic E-state index is -0.729. The number of ketones is 4. The normalized spacial score (nSPS) is 12.8. The Morgan fingerprint density at radius 3 is 1.52 bits per heavy atom. The van der Waals surface area contributed by atoms with Crippen molar-refractivity contribution in [1.82, 2.24) is 10.6 Å². The maximum absolute atomic E-state index is 12.7. The molecule has 0 aliphatic heterocycles. The van der Waals surface area contributed by atoms with Crippen LogP contribution in [0.1, 0.15) is 120 Å². The predicted molar refractivity (Wildman–Crippen MR) is 171 cm³/mol. The largest absolute Gasteiger partial charge is 0.377 e. The van der Waals surface area contributed by atoms with Crippen LogP contribution in [-0.4, -0.2) is 74.5 Å². The molecule has 2 amide bonds. The predicted octanol–water partition coefficient (Wildman–Crippen LogP) is 4.79. The van der Waals surface area contributed by atoms with Crippen LogP contribution in [0.5, 0.6) is 0 Å². The number of carbonyl (C=O) groups excluding carboxylic acids is 6. The molecule has 0 fully saturated rings. The van der Waals surface area contributed by atoms with Crippen LogP contribution in [0.4, 0.5) is 0 Å². The Morgan fingerprint density at radius 2 is 1.05 bits per heavy atom. The fraction of sp³-hybridized carbons (Fsp3) is 0.824. The number of hydrogen-bond acceptors (Lipinski definition) is 8. The van der Waals surface area contributed by atoms with Gasteiger partial charge in [0.1, 0.15) is 23.1 Å². The first-order chi connectivity index (χ1) is 20.3. The third-order valence-electron chi connectivity index (χ3n) is 7.64. The summed E-state index contributed by atoms with van der Waals surface area (Å²) < 4.78 is 10.9. The van der Waals surface area contributed by atoms with Crippen molar-refractivity contribution < 1.29 is 38.2 Å². The van der Waals surface area contributed by atoms with Gasteiger partial charge in [0.25, 0.3) is 0 Å². The van der Waals surface area contributed by atoms with E-state index >= 15 is 0 Å². The maximum atomic E-state index is 12.7. The van der Waals surface area contributed by atoms with Crippen molar-refractivity contribution >= 4 is 34.9 Å². The summed E-state index contributed by atoms with van der Waals surface area (Å²) in [6, 6.07) is 0. The Bertz CT molecular complexity index is 944. The second-order valence-corrected chi connectivity index (χ2v) is 14.4. The highest BCUT2D eigenvalue weighted by Crippen LogP contribution is 2.28. The van der Waals surface area contributed by atoms with Crippen molar-refractivity contribution in [2.24, 2.45) is 22.2 Å². The van der Waals surface area contributed by atoms with Crippen molar-refractivity contribution in [3.05, 3.63) is 0 Å². The molecule has 254 valence electrons. The van der Waals surface area contributed by atoms with Gasteiger partial charge in [0.15, 0.2) is 0 Å². The third-order valence-corrected chi connectivity index (χ3v) is 7.64. The number of amides is 2. The Balaban J connectivity index is 3.96. The molecule has 0 saturated carbocycles. The van der Waals surface area contributed by atoms with Crippen LogP contribution in [-0.2, 0) is 38.2 Å². The SMILES string of the molecule is CC(CCC(C)(C)C(=O)CC(=O)NCCOCCOCCNC(=O)CCCC(=O)C(C)(C)C)C(=O)CCCC(=O)C(C)(C)C. The van der Waals surface area contributed by atoms with Crippen molar-refractivity contribution in [3.63, 3.8) is 0 Å². The van der Waals surface area contributed by atoms with E-state index in [2.05, 4.69) is 10.6 Å². The molecule has 10 nitrogen and oxygen atoms in total. The molecule has 0 heterocycles. The van der Waals surface area contributed by atoms with Gasteiger partial charge in [-0.1, -0.05) is 62.3 Å². The van der Waals surface area contributed by atoms with Gasteiger partial charge in [-0.05, 0) is 25.7 Å². The van der Waals surface area contributed by atoms with Gasteiger partial charge < -0.3 is 20.1 Å². The summed E-state index contributed by atoms with van der Waals surface area (Å²) in [6.07, 6.45) is 3.35. The molecule has 0 aromatic heterocycles. The molecule has 0 radical (unpaired) electrons. The van der Waals surface area contributed by atoms with E-state index in [0.29, 0.717) is 77.7 Å².